The van der Waals surface area contributed by atoms with Crippen LogP contribution in [0, 0.1) is 0 Å². The molecule has 0 heterocycles. The van der Waals surface area contributed by atoms with Crippen molar-refractivity contribution in [2.45, 2.75) is 25.7 Å². The Morgan fingerprint density at radius 1 is 0.781 bits per heavy atom. The van der Waals surface area contributed by atoms with Crippen LogP contribution in [0.2, 0.25) is 0 Å². The molecule has 3 aromatic carbocycles. The number of amides is 1. The van der Waals surface area contributed by atoms with Crippen LogP contribution in [0.1, 0.15) is 22.3 Å². The third-order valence-electron chi connectivity index (χ3n) is 5.24. The number of carbonyl (C=O) groups excluding carboxylic acids is 1. The lowest BCUT2D eigenvalue weighted by Crippen LogP contribution is -2.30. The molecule has 0 aliphatic rings. The first-order chi connectivity index (χ1) is 15.5. The molecule has 0 atom stereocenters. The van der Waals surface area contributed by atoms with E-state index in [1.807, 2.05) is 66.7 Å². The smallest absolute Gasteiger partial charge is 0.307 e. The Labute approximate surface area is 189 Å². The summed E-state index contributed by atoms with van der Waals surface area (Å²) in [5.41, 5.74) is 3.74. The highest BCUT2D eigenvalue weighted by atomic mass is 16.5. The van der Waals surface area contributed by atoms with Crippen LogP contribution < -0.4 is 4.74 Å². The van der Waals surface area contributed by atoms with Crippen molar-refractivity contribution < 1.29 is 19.4 Å². The Hall–Kier alpha value is -3.60. The van der Waals surface area contributed by atoms with E-state index in [0.29, 0.717) is 24.5 Å². The van der Waals surface area contributed by atoms with Gasteiger partial charge in [-0.05, 0) is 40.8 Å². The van der Waals surface area contributed by atoms with Crippen molar-refractivity contribution >= 4 is 11.9 Å². The quantitative estimate of drug-likeness (QED) is 0.495. The van der Waals surface area contributed by atoms with Crippen molar-refractivity contribution in [3.63, 3.8) is 0 Å². The SMILES string of the molecule is CN(CCc1ccccc1)C(=O)Cc1cc(CC(=O)O)cc(OCCc2ccccc2)c1. The summed E-state index contributed by atoms with van der Waals surface area (Å²) in [6.45, 7) is 1.10. The fourth-order valence-electron chi connectivity index (χ4n) is 3.50. The molecule has 0 aromatic heterocycles. The summed E-state index contributed by atoms with van der Waals surface area (Å²) >= 11 is 0. The minimum atomic E-state index is -0.913. The summed E-state index contributed by atoms with van der Waals surface area (Å²) in [5, 5.41) is 9.21. The molecule has 1 amide bonds. The lowest BCUT2D eigenvalue weighted by Gasteiger charge is -2.18. The molecule has 1 N–H and O–H groups in total. The van der Waals surface area contributed by atoms with E-state index in [2.05, 4.69) is 0 Å². The molecule has 32 heavy (non-hydrogen) atoms. The van der Waals surface area contributed by atoms with Gasteiger partial charge in [0.1, 0.15) is 5.75 Å². The van der Waals surface area contributed by atoms with Gasteiger partial charge in [0, 0.05) is 20.0 Å². The Morgan fingerprint density at radius 3 is 1.94 bits per heavy atom. The minimum Gasteiger partial charge on any atom is -0.493 e. The molecule has 0 radical (unpaired) electrons. The molecular formula is C27H29NO4. The normalized spacial score (nSPS) is 10.5. The standard InChI is InChI=1S/C27H29NO4/c1-28(14-12-21-8-4-2-5-9-21)26(29)19-23-16-24(20-27(30)31)18-25(17-23)32-15-13-22-10-6-3-7-11-22/h2-11,16-18H,12-15,19-20H2,1H3,(H,30,31). The molecule has 0 bridgehead atoms. The molecule has 3 aromatic rings. The summed E-state index contributed by atoms with van der Waals surface area (Å²) in [5.74, 6) is -0.332. The van der Waals surface area contributed by atoms with Crippen LogP contribution in [0.25, 0.3) is 0 Å². The average Bonchev–Trinajstić information content (AvgIpc) is 2.78. The highest BCUT2D eigenvalue weighted by molar-refractivity contribution is 5.79. The first-order valence-corrected chi connectivity index (χ1v) is 10.8. The molecule has 5 heteroatoms. The molecule has 0 unspecified atom stereocenters. The van der Waals surface area contributed by atoms with E-state index in [4.69, 9.17) is 4.74 Å². The Bertz CT molecular complexity index is 1020. The second kappa shape index (κ2) is 11.7. The number of likely N-dealkylation sites (N-methyl/N-ethyl adjacent to an activating group) is 1. The molecule has 166 valence electrons. The Morgan fingerprint density at radius 2 is 1.34 bits per heavy atom. The van der Waals surface area contributed by atoms with Gasteiger partial charge in [0.2, 0.25) is 5.91 Å². The van der Waals surface area contributed by atoms with Crippen molar-refractivity contribution in [1.82, 2.24) is 4.90 Å². The summed E-state index contributed by atoms with van der Waals surface area (Å²) < 4.78 is 5.90. The highest BCUT2D eigenvalue weighted by Crippen LogP contribution is 2.20. The number of nitrogens with zero attached hydrogens (tertiary/aromatic N) is 1. The van der Waals surface area contributed by atoms with Crippen molar-refractivity contribution in [2.75, 3.05) is 20.2 Å². The second-order valence-electron chi connectivity index (χ2n) is 7.87. The van der Waals surface area contributed by atoms with Gasteiger partial charge < -0.3 is 14.7 Å². The van der Waals surface area contributed by atoms with E-state index < -0.39 is 5.97 Å². The maximum atomic E-state index is 12.7. The van der Waals surface area contributed by atoms with Gasteiger partial charge >= 0.3 is 5.97 Å². The third kappa shape index (κ3) is 7.58. The number of benzene rings is 3. The number of aliphatic carboxylic acids is 1. The number of hydrogen-bond donors (Lipinski definition) is 1. The molecule has 0 saturated heterocycles. The van der Waals surface area contributed by atoms with E-state index in [0.717, 1.165) is 18.4 Å². The number of rotatable bonds is 11. The Kier molecular flexibility index (Phi) is 8.44. The topological polar surface area (TPSA) is 66.8 Å². The number of ether oxygens (including phenoxy) is 1. The summed E-state index contributed by atoms with van der Waals surface area (Å²) in [7, 11) is 1.80. The van der Waals surface area contributed by atoms with Gasteiger partial charge in [0.05, 0.1) is 19.4 Å². The van der Waals surface area contributed by atoms with E-state index in [-0.39, 0.29) is 18.7 Å². The minimum absolute atomic E-state index is 0.0105. The fourth-order valence-corrected chi connectivity index (χ4v) is 3.50. The number of carbonyl (C=O) groups is 2. The van der Waals surface area contributed by atoms with Crippen molar-refractivity contribution in [2.24, 2.45) is 0 Å². The first kappa shape index (κ1) is 23.1. The lowest BCUT2D eigenvalue weighted by molar-refractivity contribution is -0.136. The molecule has 0 aliphatic heterocycles. The second-order valence-corrected chi connectivity index (χ2v) is 7.87. The van der Waals surface area contributed by atoms with Crippen LogP contribution in [0.15, 0.2) is 78.9 Å². The van der Waals surface area contributed by atoms with E-state index >= 15 is 0 Å². The number of hydrogen-bond acceptors (Lipinski definition) is 3. The van der Waals surface area contributed by atoms with E-state index in [1.54, 1.807) is 24.1 Å². The van der Waals surface area contributed by atoms with Crippen LogP contribution in [0.3, 0.4) is 0 Å². The zero-order valence-corrected chi connectivity index (χ0v) is 18.4. The van der Waals surface area contributed by atoms with Crippen LogP contribution in [0.4, 0.5) is 0 Å². The fraction of sp³-hybridized carbons (Fsp3) is 0.259. The molecule has 0 saturated carbocycles. The van der Waals surface area contributed by atoms with Crippen LogP contribution >= 0.6 is 0 Å². The highest BCUT2D eigenvalue weighted by Gasteiger charge is 2.13. The van der Waals surface area contributed by atoms with Gasteiger partial charge in [-0.2, -0.15) is 0 Å². The van der Waals surface area contributed by atoms with Gasteiger partial charge in [-0.15, -0.1) is 0 Å². The van der Waals surface area contributed by atoms with Crippen molar-refractivity contribution in [3.8, 4) is 5.75 Å². The molecule has 0 spiro atoms. The molecule has 5 nitrogen and oxygen atoms in total. The van der Waals surface area contributed by atoms with E-state index in [9.17, 15) is 14.7 Å². The third-order valence-corrected chi connectivity index (χ3v) is 5.24. The predicted octanol–water partition coefficient (Wildman–Crippen LogP) is 4.18. The zero-order valence-electron chi connectivity index (χ0n) is 18.4. The maximum Gasteiger partial charge on any atom is 0.307 e. The van der Waals surface area contributed by atoms with Crippen LogP contribution in [0.5, 0.6) is 5.75 Å². The first-order valence-electron chi connectivity index (χ1n) is 10.8. The summed E-state index contributed by atoms with van der Waals surface area (Å²) in [6.07, 6.45) is 1.63. The number of carboxylic acids is 1. The molecule has 0 fully saturated rings. The van der Waals surface area contributed by atoms with Gasteiger partial charge in [-0.1, -0.05) is 66.7 Å². The van der Waals surface area contributed by atoms with Gasteiger partial charge in [0.25, 0.3) is 0 Å². The van der Waals surface area contributed by atoms with E-state index in [1.165, 1.54) is 11.1 Å². The molecular weight excluding hydrogens is 402 g/mol. The lowest BCUT2D eigenvalue weighted by atomic mass is 10.0. The van der Waals surface area contributed by atoms with Crippen LogP contribution in [-0.4, -0.2) is 42.1 Å². The van der Waals surface area contributed by atoms with Gasteiger partial charge in [-0.3, -0.25) is 9.59 Å². The van der Waals surface area contributed by atoms with Crippen molar-refractivity contribution in [1.29, 1.82) is 0 Å². The average molecular weight is 432 g/mol. The number of carboxylic acid groups (broad SMARTS) is 1. The monoisotopic (exact) mass is 431 g/mol. The van der Waals surface area contributed by atoms with Gasteiger partial charge in [-0.25, -0.2) is 0 Å². The molecule has 3 rings (SSSR count). The zero-order chi connectivity index (χ0) is 22.8. The van der Waals surface area contributed by atoms with Gasteiger partial charge in [0.15, 0.2) is 0 Å². The van der Waals surface area contributed by atoms with Crippen molar-refractivity contribution in [3.05, 3.63) is 101 Å². The van der Waals surface area contributed by atoms with Crippen LogP contribution in [-0.2, 0) is 35.3 Å². The maximum absolute atomic E-state index is 12.7. The Balaban J connectivity index is 1.62. The molecule has 0 aliphatic carbocycles. The summed E-state index contributed by atoms with van der Waals surface area (Å²) in [6, 6.07) is 25.4. The summed E-state index contributed by atoms with van der Waals surface area (Å²) in [4.78, 5) is 25.7. The largest absolute Gasteiger partial charge is 0.493 e. The predicted molar refractivity (Wildman–Crippen MR) is 125 cm³/mol.